The minimum Gasteiger partial charge on any atom is -0.496 e. The number of benzene rings is 2. The molecule has 0 amide bonds. The summed E-state index contributed by atoms with van der Waals surface area (Å²) in [5.41, 5.74) is 4.43. The molecule has 0 radical (unpaired) electrons. The van der Waals surface area contributed by atoms with Crippen LogP contribution in [0.1, 0.15) is 11.1 Å². The number of aromatic nitrogens is 4. The number of aryl methyl sites for hydroxylation is 2. The number of hydrogen-bond acceptors (Lipinski definition) is 5. The third-order valence-corrected chi connectivity index (χ3v) is 5.58. The summed E-state index contributed by atoms with van der Waals surface area (Å²) in [4.78, 5) is 4.08. The van der Waals surface area contributed by atoms with Crippen molar-refractivity contribution in [1.82, 2.24) is 19.7 Å². The average Bonchev–Trinajstić information content (AvgIpc) is 3.18. The summed E-state index contributed by atoms with van der Waals surface area (Å²) in [5, 5.41) is 9.89. The van der Waals surface area contributed by atoms with Crippen molar-refractivity contribution in [2.75, 3.05) is 12.9 Å². The molecule has 0 saturated heterocycles. The van der Waals surface area contributed by atoms with Crippen LogP contribution in [0.2, 0.25) is 0 Å². The Bertz CT molecular complexity index is 1080. The first-order valence-corrected chi connectivity index (χ1v) is 10.4. The van der Waals surface area contributed by atoms with E-state index in [1.807, 2.05) is 48.8 Å². The summed E-state index contributed by atoms with van der Waals surface area (Å²) in [7, 11) is 1.68. The molecule has 4 rings (SSSR count). The highest BCUT2D eigenvalue weighted by molar-refractivity contribution is 7.99. The molecule has 0 aliphatic rings. The van der Waals surface area contributed by atoms with Gasteiger partial charge < -0.3 is 4.74 Å². The van der Waals surface area contributed by atoms with Crippen LogP contribution in [0.25, 0.3) is 17.1 Å². The van der Waals surface area contributed by atoms with Gasteiger partial charge in [-0.2, -0.15) is 0 Å². The maximum atomic E-state index is 5.56. The first-order valence-electron chi connectivity index (χ1n) is 9.44. The van der Waals surface area contributed by atoms with Crippen LogP contribution >= 0.6 is 11.8 Å². The molecule has 0 aliphatic heterocycles. The van der Waals surface area contributed by atoms with Gasteiger partial charge in [0.2, 0.25) is 0 Å². The second kappa shape index (κ2) is 8.92. The zero-order chi connectivity index (χ0) is 20.1. The van der Waals surface area contributed by atoms with E-state index in [-0.39, 0.29) is 0 Å². The van der Waals surface area contributed by atoms with Gasteiger partial charge in [0.15, 0.2) is 11.0 Å². The van der Waals surface area contributed by atoms with Gasteiger partial charge in [0, 0.05) is 23.8 Å². The van der Waals surface area contributed by atoms with Crippen LogP contribution in [0.5, 0.6) is 5.75 Å². The zero-order valence-corrected chi connectivity index (χ0v) is 17.3. The molecule has 0 atom stereocenters. The van der Waals surface area contributed by atoms with Crippen molar-refractivity contribution in [1.29, 1.82) is 0 Å². The summed E-state index contributed by atoms with van der Waals surface area (Å²) in [6, 6.07) is 20.4. The number of thioether (sulfide) groups is 1. The van der Waals surface area contributed by atoms with E-state index in [1.54, 1.807) is 18.9 Å². The third-order valence-electron chi connectivity index (χ3n) is 4.64. The van der Waals surface area contributed by atoms with Crippen molar-refractivity contribution in [3.63, 3.8) is 0 Å². The monoisotopic (exact) mass is 402 g/mol. The Morgan fingerprint density at radius 1 is 0.931 bits per heavy atom. The maximum absolute atomic E-state index is 5.56. The summed E-state index contributed by atoms with van der Waals surface area (Å²) >= 11 is 1.70. The molecule has 146 valence electrons. The highest BCUT2D eigenvalue weighted by atomic mass is 32.2. The summed E-state index contributed by atoms with van der Waals surface area (Å²) in [6.07, 6.45) is 4.60. The smallest absolute Gasteiger partial charge is 0.196 e. The molecular formula is C23H22N4OS. The Labute approximate surface area is 174 Å². The molecule has 0 bridgehead atoms. The molecule has 2 aromatic carbocycles. The SMILES string of the molecule is COc1ccccc1-c1nnc(SCCc2ccncc2)n1-c1ccc(C)cc1. The van der Waals surface area contributed by atoms with Crippen LogP contribution in [-0.4, -0.2) is 32.6 Å². The Balaban J connectivity index is 1.69. The molecule has 0 fully saturated rings. The Morgan fingerprint density at radius 3 is 2.45 bits per heavy atom. The third kappa shape index (κ3) is 4.32. The Morgan fingerprint density at radius 2 is 1.69 bits per heavy atom. The maximum Gasteiger partial charge on any atom is 0.196 e. The molecule has 0 aliphatic carbocycles. The molecule has 4 aromatic rings. The summed E-state index contributed by atoms with van der Waals surface area (Å²) < 4.78 is 7.67. The molecule has 5 nitrogen and oxygen atoms in total. The van der Waals surface area contributed by atoms with Crippen molar-refractivity contribution in [3.8, 4) is 22.8 Å². The predicted molar refractivity (Wildman–Crippen MR) is 117 cm³/mol. The van der Waals surface area contributed by atoms with Gasteiger partial charge in [0.05, 0.1) is 12.7 Å². The van der Waals surface area contributed by atoms with Crippen molar-refractivity contribution in [3.05, 3.63) is 84.2 Å². The van der Waals surface area contributed by atoms with E-state index in [1.165, 1.54) is 11.1 Å². The Kier molecular flexibility index (Phi) is 5.91. The second-order valence-electron chi connectivity index (χ2n) is 6.63. The summed E-state index contributed by atoms with van der Waals surface area (Å²) in [5.74, 6) is 2.46. The number of ether oxygens (including phenoxy) is 1. The van der Waals surface area contributed by atoms with Crippen LogP contribution in [0.15, 0.2) is 78.2 Å². The van der Waals surface area contributed by atoms with E-state index in [0.717, 1.165) is 40.2 Å². The highest BCUT2D eigenvalue weighted by Crippen LogP contribution is 2.33. The summed E-state index contributed by atoms with van der Waals surface area (Å²) in [6.45, 7) is 2.08. The van der Waals surface area contributed by atoms with Crippen molar-refractivity contribution < 1.29 is 4.74 Å². The fourth-order valence-electron chi connectivity index (χ4n) is 3.10. The molecule has 0 unspecified atom stereocenters. The van der Waals surface area contributed by atoms with Gasteiger partial charge >= 0.3 is 0 Å². The number of para-hydroxylation sites is 1. The van der Waals surface area contributed by atoms with Crippen LogP contribution in [0, 0.1) is 6.92 Å². The quantitative estimate of drug-likeness (QED) is 0.408. The molecule has 2 aromatic heterocycles. The largest absolute Gasteiger partial charge is 0.496 e. The van der Waals surface area contributed by atoms with E-state index in [2.05, 4.69) is 50.9 Å². The van der Waals surface area contributed by atoms with Gasteiger partial charge in [0.25, 0.3) is 0 Å². The predicted octanol–water partition coefficient (Wildman–Crippen LogP) is 4.98. The van der Waals surface area contributed by atoms with Crippen LogP contribution in [-0.2, 0) is 6.42 Å². The topological polar surface area (TPSA) is 52.8 Å². The average molecular weight is 403 g/mol. The number of methoxy groups -OCH3 is 1. The van der Waals surface area contributed by atoms with Gasteiger partial charge in [0.1, 0.15) is 5.75 Å². The number of rotatable bonds is 7. The van der Waals surface area contributed by atoms with E-state index in [0.29, 0.717) is 0 Å². The minimum atomic E-state index is 0.776. The van der Waals surface area contributed by atoms with Gasteiger partial charge in [-0.15, -0.1) is 10.2 Å². The molecule has 29 heavy (non-hydrogen) atoms. The van der Waals surface area contributed by atoms with Crippen molar-refractivity contribution in [2.45, 2.75) is 18.5 Å². The normalized spacial score (nSPS) is 10.8. The molecule has 0 N–H and O–H groups in total. The number of pyridine rings is 1. The first kappa shape index (κ1) is 19.2. The molecule has 0 saturated carbocycles. The zero-order valence-electron chi connectivity index (χ0n) is 16.4. The molecule has 2 heterocycles. The van der Waals surface area contributed by atoms with E-state index in [9.17, 15) is 0 Å². The van der Waals surface area contributed by atoms with E-state index < -0.39 is 0 Å². The first-order chi connectivity index (χ1) is 14.3. The van der Waals surface area contributed by atoms with Crippen molar-refractivity contribution >= 4 is 11.8 Å². The molecule has 0 spiro atoms. The highest BCUT2D eigenvalue weighted by Gasteiger charge is 2.18. The second-order valence-corrected chi connectivity index (χ2v) is 7.69. The number of hydrogen-bond donors (Lipinski definition) is 0. The van der Waals surface area contributed by atoms with E-state index in [4.69, 9.17) is 4.74 Å². The number of nitrogens with zero attached hydrogens (tertiary/aromatic N) is 4. The lowest BCUT2D eigenvalue weighted by Crippen LogP contribution is -2.01. The van der Waals surface area contributed by atoms with Crippen LogP contribution < -0.4 is 4.74 Å². The van der Waals surface area contributed by atoms with Gasteiger partial charge in [-0.3, -0.25) is 9.55 Å². The van der Waals surface area contributed by atoms with E-state index >= 15 is 0 Å². The fraction of sp³-hybridized carbons (Fsp3) is 0.174. The van der Waals surface area contributed by atoms with Crippen molar-refractivity contribution in [2.24, 2.45) is 0 Å². The van der Waals surface area contributed by atoms with Gasteiger partial charge in [-0.25, -0.2) is 0 Å². The lowest BCUT2D eigenvalue weighted by atomic mass is 10.1. The standard InChI is InChI=1S/C23H22N4OS/c1-17-7-9-19(10-8-17)27-22(20-5-3-4-6-21(20)28-2)25-26-23(27)29-16-13-18-11-14-24-15-12-18/h3-12,14-15H,13,16H2,1-2H3. The lowest BCUT2D eigenvalue weighted by Gasteiger charge is -2.12. The minimum absolute atomic E-state index is 0.776. The fourth-order valence-corrected chi connectivity index (χ4v) is 4.04. The molecular weight excluding hydrogens is 380 g/mol. The molecule has 6 heteroatoms. The Hall–Kier alpha value is -3.12. The van der Waals surface area contributed by atoms with Crippen LogP contribution in [0.3, 0.4) is 0 Å². The van der Waals surface area contributed by atoms with Gasteiger partial charge in [-0.1, -0.05) is 41.6 Å². The lowest BCUT2D eigenvalue weighted by molar-refractivity contribution is 0.416. The van der Waals surface area contributed by atoms with Gasteiger partial charge in [-0.05, 0) is 55.3 Å². The van der Waals surface area contributed by atoms with Crippen LogP contribution in [0.4, 0.5) is 0 Å².